The van der Waals surface area contributed by atoms with Crippen LogP contribution in [-0.4, -0.2) is 15.5 Å². The van der Waals surface area contributed by atoms with Crippen LogP contribution >= 0.6 is 28.1 Å². The molecule has 0 fully saturated rings. The highest BCUT2D eigenvalue weighted by molar-refractivity contribution is 9.10. The molecule has 0 bridgehead atoms. The van der Waals surface area contributed by atoms with Crippen molar-refractivity contribution in [3.8, 4) is 5.69 Å². The van der Waals surface area contributed by atoms with Gasteiger partial charge in [0.15, 0.2) is 4.77 Å². The summed E-state index contributed by atoms with van der Waals surface area (Å²) in [5.74, 6) is -0.654. The molecule has 4 nitrogen and oxygen atoms in total. The van der Waals surface area contributed by atoms with E-state index in [2.05, 4.69) is 26.2 Å². The van der Waals surface area contributed by atoms with Crippen molar-refractivity contribution in [3.63, 3.8) is 0 Å². The summed E-state index contributed by atoms with van der Waals surface area (Å²) in [5.41, 5.74) is 1.84. The lowest BCUT2D eigenvalue weighted by atomic mass is 10.2. The number of halogens is 2. The number of benzene rings is 2. The average Bonchev–Trinajstić information content (AvgIpc) is 2.98. The van der Waals surface area contributed by atoms with E-state index in [1.54, 1.807) is 16.8 Å². The molecule has 0 unspecified atom stereocenters. The number of carbonyl (C=O) groups is 1. The number of nitrogens with one attached hydrogen (secondary N) is 2. The summed E-state index contributed by atoms with van der Waals surface area (Å²) in [7, 11) is 0. The fourth-order valence-corrected chi connectivity index (χ4v) is 2.96. The van der Waals surface area contributed by atoms with Gasteiger partial charge in [-0.1, -0.05) is 34.1 Å². The van der Waals surface area contributed by atoms with E-state index in [1.807, 2.05) is 30.3 Å². The summed E-state index contributed by atoms with van der Waals surface area (Å²) in [4.78, 5) is 15.4. The molecule has 0 spiro atoms. The SMILES string of the molecule is O=C(NCc1cc(F)ccc1Br)c1c[nH]c(=S)n1-c1ccccc1. The van der Waals surface area contributed by atoms with Crippen LogP contribution in [0, 0.1) is 10.6 Å². The summed E-state index contributed by atoms with van der Waals surface area (Å²) in [5, 5.41) is 2.78. The first-order valence-corrected chi connectivity index (χ1v) is 8.34. The number of hydrogen-bond donors (Lipinski definition) is 2. The molecule has 1 amide bonds. The van der Waals surface area contributed by atoms with E-state index in [1.165, 1.54) is 12.1 Å². The number of hydrogen-bond acceptors (Lipinski definition) is 2. The van der Waals surface area contributed by atoms with Crippen molar-refractivity contribution in [3.05, 3.63) is 81.0 Å². The fourth-order valence-electron chi connectivity index (χ4n) is 2.31. The maximum atomic E-state index is 13.3. The van der Waals surface area contributed by atoms with Crippen molar-refractivity contribution in [2.75, 3.05) is 0 Å². The number of rotatable bonds is 4. The van der Waals surface area contributed by atoms with E-state index in [4.69, 9.17) is 12.2 Å². The van der Waals surface area contributed by atoms with Crippen molar-refractivity contribution in [2.45, 2.75) is 6.54 Å². The molecule has 0 saturated carbocycles. The van der Waals surface area contributed by atoms with Crippen molar-refractivity contribution in [2.24, 2.45) is 0 Å². The number of amides is 1. The lowest BCUT2D eigenvalue weighted by Gasteiger charge is -2.10. The Morgan fingerprint density at radius 3 is 2.75 bits per heavy atom. The Kier molecular flexibility index (Phi) is 4.92. The number of H-pyrrole nitrogens is 1. The molecule has 0 aliphatic rings. The van der Waals surface area contributed by atoms with Gasteiger partial charge in [0.25, 0.3) is 5.91 Å². The van der Waals surface area contributed by atoms with Gasteiger partial charge in [0.05, 0.1) is 0 Å². The maximum Gasteiger partial charge on any atom is 0.270 e. The molecule has 0 saturated heterocycles. The van der Waals surface area contributed by atoms with Gasteiger partial charge >= 0.3 is 0 Å². The minimum Gasteiger partial charge on any atom is -0.347 e. The molecule has 0 aliphatic carbocycles. The third-order valence-electron chi connectivity index (χ3n) is 3.47. The number of nitrogens with zero attached hydrogens (tertiary/aromatic N) is 1. The molecule has 0 atom stereocenters. The van der Waals surface area contributed by atoms with Crippen molar-refractivity contribution < 1.29 is 9.18 Å². The third-order valence-corrected chi connectivity index (χ3v) is 4.54. The highest BCUT2D eigenvalue weighted by Gasteiger charge is 2.14. The molecule has 3 rings (SSSR count). The third kappa shape index (κ3) is 3.47. The second kappa shape index (κ2) is 7.11. The van der Waals surface area contributed by atoms with E-state index < -0.39 is 0 Å². The fraction of sp³-hybridized carbons (Fsp3) is 0.0588. The molecular formula is C17H13BrFN3OS. The van der Waals surface area contributed by atoms with Crippen LogP contribution in [0.25, 0.3) is 5.69 Å². The first kappa shape index (κ1) is 16.6. The predicted molar refractivity (Wildman–Crippen MR) is 96.2 cm³/mol. The molecule has 24 heavy (non-hydrogen) atoms. The van der Waals surface area contributed by atoms with Crippen molar-refractivity contribution in [1.29, 1.82) is 0 Å². The van der Waals surface area contributed by atoms with Crippen LogP contribution < -0.4 is 5.32 Å². The Hall–Kier alpha value is -2.25. The smallest absolute Gasteiger partial charge is 0.270 e. The lowest BCUT2D eigenvalue weighted by Crippen LogP contribution is -2.25. The number of carbonyl (C=O) groups excluding carboxylic acids is 1. The quantitative estimate of drug-likeness (QED) is 0.633. The van der Waals surface area contributed by atoms with Crippen LogP contribution in [0.2, 0.25) is 0 Å². The van der Waals surface area contributed by atoms with Gasteiger partial charge in [0.1, 0.15) is 11.5 Å². The molecule has 122 valence electrons. The summed E-state index contributed by atoms with van der Waals surface area (Å²) >= 11 is 8.61. The van der Waals surface area contributed by atoms with E-state index >= 15 is 0 Å². The predicted octanol–water partition coefficient (Wildman–Crippen LogP) is 4.37. The second-order valence-electron chi connectivity index (χ2n) is 5.07. The second-order valence-corrected chi connectivity index (χ2v) is 6.31. The zero-order valence-corrected chi connectivity index (χ0v) is 14.8. The minimum atomic E-state index is -0.351. The summed E-state index contributed by atoms with van der Waals surface area (Å²) in [6, 6.07) is 13.7. The van der Waals surface area contributed by atoms with Gasteiger partial charge in [-0.2, -0.15) is 0 Å². The van der Waals surface area contributed by atoms with Gasteiger partial charge in [-0.05, 0) is 48.1 Å². The molecule has 0 aliphatic heterocycles. The zero-order valence-electron chi connectivity index (χ0n) is 12.4. The first-order chi connectivity index (χ1) is 11.6. The Morgan fingerprint density at radius 1 is 1.25 bits per heavy atom. The topological polar surface area (TPSA) is 49.8 Å². The van der Waals surface area contributed by atoms with Crippen molar-refractivity contribution in [1.82, 2.24) is 14.9 Å². The van der Waals surface area contributed by atoms with E-state index in [-0.39, 0.29) is 18.3 Å². The molecule has 1 aromatic heterocycles. The standard InChI is InChI=1S/C17H13BrFN3OS/c18-14-7-6-12(19)8-11(14)9-20-16(23)15-10-21-17(24)22(15)13-4-2-1-3-5-13/h1-8,10H,9H2,(H,20,23)(H,21,24). The van der Waals surface area contributed by atoms with E-state index in [0.717, 1.165) is 10.2 Å². The monoisotopic (exact) mass is 405 g/mol. The van der Waals surface area contributed by atoms with Crippen LogP contribution in [-0.2, 0) is 6.54 Å². The highest BCUT2D eigenvalue weighted by atomic mass is 79.9. The van der Waals surface area contributed by atoms with Crippen LogP contribution in [0.15, 0.2) is 59.2 Å². The van der Waals surface area contributed by atoms with Gasteiger partial charge < -0.3 is 10.3 Å². The highest BCUT2D eigenvalue weighted by Crippen LogP contribution is 2.18. The van der Waals surface area contributed by atoms with E-state index in [0.29, 0.717) is 16.0 Å². The number of aromatic amines is 1. The molecular weight excluding hydrogens is 393 g/mol. The van der Waals surface area contributed by atoms with Gasteiger partial charge in [-0.25, -0.2) is 4.39 Å². The Labute approximate surface area is 151 Å². The van der Waals surface area contributed by atoms with Gasteiger partial charge in [-0.15, -0.1) is 0 Å². The molecule has 3 aromatic rings. The number of para-hydroxylation sites is 1. The summed E-state index contributed by atoms with van der Waals surface area (Å²) < 4.78 is 16.1. The largest absolute Gasteiger partial charge is 0.347 e. The first-order valence-electron chi connectivity index (χ1n) is 7.14. The Morgan fingerprint density at radius 2 is 2.00 bits per heavy atom. The van der Waals surface area contributed by atoms with Gasteiger partial charge in [0, 0.05) is 22.9 Å². The Bertz CT molecular complexity index is 937. The van der Waals surface area contributed by atoms with Gasteiger partial charge in [-0.3, -0.25) is 9.36 Å². The maximum absolute atomic E-state index is 13.3. The summed E-state index contributed by atoms with van der Waals surface area (Å²) in [6.07, 6.45) is 1.56. The van der Waals surface area contributed by atoms with Crippen molar-refractivity contribution >= 4 is 34.1 Å². The lowest BCUT2D eigenvalue weighted by molar-refractivity contribution is 0.0944. The molecule has 2 aromatic carbocycles. The van der Waals surface area contributed by atoms with Crippen LogP contribution in [0.4, 0.5) is 4.39 Å². The normalized spacial score (nSPS) is 10.6. The molecule has 7 heteroatoms. The van der Waals surface area contributed by atoms with E-state index in [9.17, 15) is 9.18 Å². The molecule has 0 radical (unpaired) electrons. The summed E-state index contributed by atoms with van der Waals surface area (Å²) in [6.45, 7) is 0.198. The number of aromatic nitrogens is 2. The van der Waals surface area contributed by atoms with Crippen LogP contribution in [0.3, 0.4) is 0 Å². The molecule has 1 heterocycles. The van der Waals surface area contributed by atoms with Crippen LogP contribution in [0.1, 0.15) is 16.1 Å². The van der Waals surface area contributed by atoms with Crippen LogP contribution in [0.5, 0.6) is 0 Å². The zero-order chi connectivity index (χ0) is 17.1. The average molecular weight is 406 g/mol. The Balaban J connectivity index is 1.84. The number of imidazole rings is 1. The molecule has 2 N–H and O–H groups in total. The van der Waals surface area contributed by atoms with Gasteiger partial charge in [0.2, 0.25) is 0 Å². The minimum absolute atomic E-state index is 0.198.